The zero-order valence-corrected chi connectivity index (χ0v) is 14.9. The lowest BCUT2D eigenvalue weighted by Crippen LogP contribution is -2.32. The number of hydrogen-bond donors (Lipinski definition) is 2. The molecule has 1 aromatic rings. The summed E-state index contributed by atoms with van der Waals surface area (Å²) in [7, 11) is 0. The molecule has 0 aliphatic heterocycles. The molecule has 2 rings (SSSR count). The van der Waals surface area contributed by atoms with Gasteiger partial charge >= 0.3 is 6.36 Å². The summed E-state index contributed by atoms with van der Waals surface area (Å²) in [6.07, 6.45) is -2.33. The Morgan fingerprint density at radius 3 is 2.37 bits per heavy atom. The molecule has 8 nitrogen and oxygen atoms in total. The lowest BCUT2D eigenvalue weighted by molar-refractivity contribution is -0.274. The average Bonchev–Trinajstić information content (AvgIpc) is 3.38. The molecule has 1 aliphatic rings. The molecule has 0 aromatic heterocycles. The van der Waals surface area contributed by atoms with Crippen LogP contribution in [0, 0.1) is 0 Å². The maximum Gasteiger partial charge on any atom is 0.573 e. The summed E-state index contributed by atoms with van der Waals surface area (Å²) in [4.78, 5) is 13.0. The number of alkyl halides is 3. The van der Waals surface area contributed by atoms with Crippen molar-refractivity contribution in [2.24, 2.45) is 21.5 Å². The molecule has 1 aliphatic carbocycles. The number of aliphatic imine (C=N–C) groups is 2. The molecule has 0 radical (unpaired) electrons. The van der Waals surface area contributed by atoms with E-state index >= 15 is 0 Å². The van der Waals surface area contributed by atoms with E-state index in [0.29, 0.717) is 12.2 Å². The Morgan fingerprint density at radius 1 is 1.15 bits per heavy atom. The van der Waals surface area contributed by atoms with E-state index in [4.69, 9.17) is 32.8 Å². The second-order valence-electron chi connectivity index (χ2n) is 5.49. The van der Waals surface area contributed by atoms with Crippen molar-refractivity contribution in [1.82, 2.24) is 4.58 Å². The molecular weight excluding hydrogens is 391 g/mol. The maximum absolute atomic E-state index is 12.1. The second kappa shape index (κ2) is 9.51. The van der Waals surface area contributed by atoms with Crippen molar-refractivity contribution in [2.45, 2.75) is 31.7 Å². The van der Waals surface area contributed by atoms with Gasteiger partial charge in [0.2, 0.25) is 11.9 Å². The highest BCUT2D eigenvalue weighted by molar-refractivity contribution is 6.21. The van der Waals surface area contributed by atoms with Crippen molar-refractivity contribution >= 4 is 23.7 Å². The minimum Gasteiger partial charge on any atom is -0.494 e. The van der Waals surface area contributed by atoms with Crippen LogP contribution in [0.1, 0.15) is 19.3 Å². The molecule has 0 spiro atoms. The van der Waals surface area contributed by atoms with Crippen LogP contribution in [0.15, 0.2) is 34.3 Å². The molecule has 27 heavy (non-hydrogen) atoms. The van der Waals surface area contributed by atoms with Gasteiger partial charge in [-0.15, -0.1) is 17.8 Å². The summed E-state index contributed by atoms with van der Waals surface area (Å²) in [5.74, 6) is -0.0575. The minimum atomic E-state index is -4.73. The number of nitrogens with two attached hydrogens (primary N) is 2. The van der Waals surface area contributed by atoms with Gasteiger partial charge in [-0.25, -0.2) is 4.99 Å². The van der Waals surface area contributed by atoms with Crippen molar-refractivity contribution in [3.8, 4) is 11.5 Å². The minimum absolute atomic E-state index is 0.0329. The van der Waals surface area contributed by atoms with Crippen molar-refractivity contribution in [2.75, 3.05) is 13.2 Å². The monoisotopic (exact) mass is 409 g/mol. The Kier molecular flexibility index (Phi) is 7.36. The summed E-state index contributed by atoms with van der Waals surface area (Å²) < 4.78 is 46.1. The van der Waals surface area contributed by atoms with Crippen molar-refractivity contribution in [1.29, 1.82) is 0 Å². The predicted molar refractivity (Wildman–Crippen MR) is 93.1 cm³/mol. The third-order valence-electron chi connectivity index (χ3n) is 3.09. The fraction of sp³-hybridized carbons (Fsp3) is 0.467. The van der Waals surface area contributed by atoms with Crippen molar-refractivity contribution in [3.05, 3.63) is 24.3 Å². The number of ether oxygens (including phenoxy) is 2. The van der Waals surface area contributed by atoms with Gasteiger partial charge in [-0.2, -0.15) is 4.99 Å². The van der Waals surface area contributed by atoms with E-state index in [1.165, 1.54) is 12.1 Å². The number of hydrogen-bond acceptors (Lipinski definition) is 4. The van der Waals surface area contributed by atoms with Crippen LogP contribution >= 0.6 is 11.8 Å². The first-order chi connectivity index (χ1) is 12.7. The van der Waals surface area contributed by atoms with E-state index in [9.17, 15) is 13.2 Å². The van der Waals surface area contributed by atoms with E-state index in [1.807, 2.05) is 0 Å². The molecule has 0 saturated heterocycles. The molecule has 0 unspecified atom stereocenters. The van der Waals surface area contributed by atoms with Crippen LogP contribution in [0.4, 0.5) is 13.2 Å². The maximum atomic E-state index is 12.1. The summed E-state index contributed by atoms with van der Waals surface area (Å²) in [5.41, 5.74) is 11.2. The van der Waals surface area contributed by atoms with Crippen LogP contribution < -0.4 is 20.9 Å². The lowest BCUT2D eigenvalue weighted by Gasteiger charge is -2.14. The topological polar surface area (TPSA) is 108 Å². The van der Waals surface area contributed by atoms with E-state index < -0.39 is 6.36 Å². The molecular formula is C15H19ClF3N5O3. The fourth-order valence-electron chi connectivity index (χ4n) is 1.77. The first kappa shape index (κ1) is 20.9. The molecule has 1 fully saturated rings. The molecule has 0 atom stereocenters. The summed E-state index contributed by atoms with van der Waals surface area (Å²) >= 11 is 5.79. The fourth-order valence-corrected chi connectivity index (χ4v) is 1.88. The molecule has 1 aromatic carbocycles. The molecule has 150 valence electrons. The SMILES string of the molecule is NC(=NC1CC1)/N=C(\N)N(Cl)OCCCOc1ccc(OC(F)(F)F)cc1. The molecule has 0 amide bonds. The highest BCUT2D eigenvalue weighted by atomic mass is 35.5. The zero-order valence-electron chi connectivity index (χ0n) is 14.2. The highest BCUT2D eigenvalue weighted by Crippen LogP contribution is 2.25. The molecule has 0 bridgehead atoms. The Labute approximate surface area is 158 Å². The Bertz CT molecular complexity index is 666. The Balaban J connectivity index is 1.64. The summed E-state index contributed by atoms with van der Waals surface area (Å²) in [6.45, 7) is 0.404. The second-order valence-corrected chi connectivity index (χ2v) is 5.79. The van der Waals surface area contributed by atoms with Crippen molar-refractivity contribution in [3.63, 3.8) is 0 Å². The Morgan fingerprint density at radius 2 is 1.78 bits per heavy atom. The first-order valence-electron chi connectivity index (χ1n) is 7.98. The quantitative estimate of drug-likeness (QED) is 0.224. The van der Waals surface area contributed by atoms with Crippen LogP contribution in [-0.4, -0.2) is 42.1 Å². The van der Waals surface area contributed by atoms with Gasteiger partial charge in [0.1, 0.15) is 11.5 Å². The van der Waals surface area contributed by atoms with Gasteiger partial charge in [-0.1, -0.05) is 0 Å². The van der Waals surface area contributed by atoms with Gasteiger partial charge in [0.25, 0.3) is 0 Å². The van der Waals surface area contributed by atoms with Crippen LogP contribution in [0.5, 0.6) is 11.5 Å². The van der Waals surface area contributed by atoms with Gasteiger partial charge in [0.05, 0.1) is 19.3 Å². The Hall–Kier alpha value is -2.40. The molecule has 12 heteroatoms. The van der Waals surface area contributed by atoms with Gasteiger partial charge in [-0.05, 0) is 37.1 Å². The number of rotatable bonds is 8. The first-order valence-corrected chi connectivity index (χ1v) is 8.31. The van der Waals surface area contributed by atoms with E-state index in [0.717, 1.165) is 29.6 Å². The number of nitrogens with zero attached hydrogens (tertiary/aromatic N) is 3. The highest BCUT2D eigenvalue weighted by Gasteiger charge is 2.30. The van der Waals surface area contributed by atoms with Gasteiger partial charge in [0.15, 0.2) is 0 Å². The molecule has 0 heterocycles. The predicted octanol–water partition coefficient (Wildman–Crippen LogP) is 2.53. The summed E-state index contributed by atoms with van der Waals surface area (Å²) in [5, 5.41) is 0. The molecule has 1 saturated carbocycles. The third kappa shape index (κ3) is 8.69. The van der Waals surface area contributed by atoms with Gasteiger partial charge in [0, 0.05) is 18.2 Å². The normalized spacial score (nSPS) is 15.6. The van der Waals surface area contributed by atoms with Crippen LogP contribution in [0.2, 0.25) is 0 Å². The third-order valence-corrected chi connectivity index (χ3v) is 3.36. The number of hydroxylamine groups is 1. The average molecular weight is 410 g/mol. The van der Waals surface area contributed by atoms with Gasteiger partial charge in [-0.3, -0.25) is 4.84 Å². The van der Waals surface area contributed by atoms with E-state index in [-0.39, 0.29) is 36.9 Å². The number of benzene rings is 1. The van der Waals surface area contributed by atoms with Crippen LogP contribution in [0.25, 0.3) is 0 Å². The van der Waals surface area contributed by atoms with Crippen molar-refractivity contribution < 1.29 is 27.5 Å². The van der Waals surface area contributed by atoms with Crippen LogP contribution in [-0.2, 0) is 4.84 Å². The molecule has 4 N–H and O–H groups in total. The van der Waals surface area contributed by atoms with Crippen LogP contribution in [0.3, 0.4) is 0 Å². The lowest BCUT2D eigenvalue weighted by atomic mass is 10.3. The number of guanidine groups is 2. The zero-order chi connectivity index (χ0) is 19.9. The number of halogens is 4. The smallest absolute Gasteiger partial charge is 0.494 e. The van der Waals surface area contributed by atoms with E-state index in [1.54, 1.807) is 0 Å². The standard InChI is InChI=1S/C15H19ClF3N5O3/c16-24(14(21)23-13(20)22-10-2-3-10)26-9-1-8-25-11-4-6-12(7-5-11)27-15(17,18)19/h4-7,10H,1-3,8-9H2,(H4,20,21,22,23). The van der Waals surface area contributed by atoms with Gasteiger partial charge < -0.3 is 20.9 Å². The largest absolute Gasteiger partial charge is 0.573 e. The summed E-state index contributed by atoms with van der Waals surface area (Å²) in [6, 6.07) is 5.25. The van der Waals surface area contributed by atoms with E-state index in [2.05, 4.69) is 14.7 Å².